The lowest BCUT2D eigenvalue weighted by molar-refractivity contribution is 0.485. The molecule has 5 heteroatoms. The Morgan fingerprint density at radius 3 is 2.33 bits per heavy atom. The van der Waals surface area contributed by atoms with E-state index in [0.29, 0.717) is 17.0 Å². The van der Waals surface area contributed by atoms with Gasteiger partial charge in [-0.3, -0.25) is 0 Å². The summed E-state index contributed by atoms with van der Waals surface area (Å²) in [7, 11) is -3.91. The first-order chi connectivity index (χ1) is 8.66. The third kappa shape index (κ3) is 1.89. The Hall–Kier alpha value is -2.14. The molecule has 18 heavy (non-hydrogen) atoms. The molecule has 1 aliphatic rings. The fraction of sp³-hybridized carbons (Fsp3) is 0. The van der Waals surface area contributed by atoms with Gasteiger partial charge in [-0.1, -0.05) is 42.5 Å². The second-order valence-corrected chi connectivity index (χ2v) is 5.02. The molecule has 2 aromatic rings. The van der Waals surface area contributed by atoms with Crippen LogP contribution in [-0.2, 0) is 10.3 Å². The SMILES string of the molecule is O=S1(=O)N=C(c2ccccc2)c2ccccc2O1. The van der Waals surface area contributed by atoms with Crippen LogP contribution in [0.15, 0.2) is 59.0 Å². The van der Waals surface area contributed by atoms with Gasteiger partial charge in [0.15, 0.2) is 5.75 Å². The highest BCUT2D eigenvalue weighted by Gasteiger charge is 2.25. The van der Waals surface area contributed by atoms with Crippen LogP contribution >= 0.6 is 0 Å². The van der Waals surface area contributed by atoms with Crippen molar-refractivity contribution in [3.05, 3.63) is 65.7 Å². The normalized spacial score (nSPS) is 16.3. The Balaban J connectivity index is 2.26. The van der Waals surface area contributed by atoms with Gasteiger partial charge in [-0.25, -0.2) is 0 Å². The van der Waals surface area contributed by atoms with Gasteiger partial charge in [0, 0.05) is 11.1 Å². The lowest BCUT2D eigenvalue weighted by Crippen LogP contribution is -2.19. The molecule has 0 N–H and O–H groups in total. The van der Waals surface area contributed by atoms with Crippen LogP contribution in [0.3, 0.4) is 0 Å². The number of hydrogen-bond acceptors (Lipinski definition) is 3. The molecule has 0 amide bonds. The maximum Gasteiger partial charge on any atom is 0.429 e. The first kappa shape index (κ1) is 11.0. The van der Waals surface area contributed by atoms with Crippen molar-refractivity contribution < 1.29 is 12.6 Å². The molecule has 0 radical (unpaired) electrons. The zero-order valence-corrected chi connectivity index (χ0v) is 10.1. The fourth-order valence-corrected chi connectivity index (χ4v) is 2.67. The molecule has 0 saturated heterocycles. The van der Waals surface area contributed by atoms with Crippen molar-refractivity contribution in [3.8, 4) is 5.75 Å². The van der Waals surface area contributed by atoms with Crippen molar-refractivity contribution in [2.75, 3.05) is 0 Å². The Labute approximate surface area is 105 Å². The third-order valence-corrected chi connectivity index (χ3v) is 3.38. The van der Waals surface area contributed by atoms with E-state index in [1.165, 1.54) is 0 Å². The highest BCUT2D eigenvalue weighted by molar-refractivity contribution is 7.86. The van der Waals surface area contributed by atoms with Crippen molar-refractivity contribution in [3.63, 3.8) is 0 Å². The Bertz CT molecular complexity index is 721. The number of rotatable bonds is 1. The molecule has 0 atom stereocenters. The highest BCUT2D eigenvalue weighted by Crippen LogP contribution is 2.28. The van der Waals surface area contributed by atoms with Gasteiger partial charge in [-0.15, -0.1) is 4.40 Å². The third-order valence-electron chi connectivity index (χ3n) is 2.59. The van der Waals surface area contributed by atoms with Gasteiger partial charge >= 0.3 is 10.3 Å². The Morgan fingerprint density at radius 2 is 1.56 bits per heavy atom. The first-order valence-corrected chi connectivity index (χ1v) is 6.71. The summed E-state index contributed by atoms with van der Waals surface area (Å²) < 4.78 is 31.7. The summed E-state index contributed by atoms with van der Waals surface area (Å²) >= 11 is 0. The standard InChI is InChI=1S/C13H9NO3S/c15-18(16)14-13(10-6-2-1-3-7-10)11-8-4-5-9-12(11)17-18/h1-9H. The van der Waals surface area contributed by atoms with E-state index in [9.17, 15) is 8.42 Å². The molecular formula is C13H9NO3S. The molecule has 1 heterocycles. The van der Waals surface area contributed by atoms with Gasteiger partial charge in [0.1, 0.15) is 0 Å². The minimum Gasteiger partial charge on any atom is -0.365 e. The van der Waals surface area contributed by atoms with E-state index in [2.05, 4.69) is 4.40 Å². The molecule has 3 rings (SSSR count). The van der Waals surface area contributed by atoms with Crippen LogP contribution in [0, 0.1) is 0 Å². The molecule has 0 fully saturated rings. The summed E-state index contributed by atoms with van der Waals surface area (Å²) in [6, 6.07) is 16.1. The van der Waals surface area contributed by atoms with Crippen LogP contribution in [0.4, 0.5) is 0 Å². The summed E-state index contributed by atoms with van der Waals surface area (Å²) in [6.07, 6.45) is 0. The van der Waals surface area contributed by atoms with E-state index in [1.807, 2.05) is 36.4 Å². The van der Waals surface area contributed by atoms with Crippen molar-refractivity contribution in [1.29, 1.82) is 0 Å². The monoisotopic (exact) mass is 259 g/mol. The molecule has 0 bridgehead atoms. The zero-order valence-electron chi connectivity index (χ0n) is 9.28. The molecule has 2 aromatic carbocycles. The van der Waals surface area contributed by atoms with Crippen LogP contribution in [-0.4, -0.2) is 14.1 Å². The van der Waals surface area contributed by atoms with E-state index in [4.69, 9.17) is 4.18 Å². The van der Waals surface area contributed by atoms with E-state index in [-0.39, 0.29) is 0 Å². The number of nitrogens with zero attached hydrogens (tertiary/aromatic N) is 1. The molecule has 0 unspecified atom stereocenters. The van der Waals surface area contributed by atoms with Gasteiger partial charge in [-0.05, 0) is 12.1 Å². The van der Waals surface area contributed by atoms with E-state index in [1.54, 1.807) is 18.2 Å². The molecular weight excluding hydrogens is 250 g/mol. The van der Waals surface area contributed by atoms with E-state index in [0.717, 1.165) is 5.56 Å². The molecule has 0 aromatic heterocycles. The molecule has 0 spiro atoms. The topological polar surface area (TPSA) is 55.7 Å². The average Bonchev–Trinajstić information content (AvgIpc) is 2.38. The minimum absolute atomic E-state index is 0.311. The molecule has 1 aliphatic heterocycles. The summed E-state index contributed by atoms with van der Waals surface area (Å²) in [4.78, 5) is 0. The van der Waals surface area contributed by atoms with Crippen LogP contribution in [0.25, 0.3) is 0 Å². The first-order valence-electron chi connectivity index (χ1n) is 5.35. The molecule has 0 aliphatic carbocycles. The van der Waals surface area contributed by atoms with Crippen LogP contribution < -0.4 is 4.18 Å². The number of fused-ring (bicyclic) bond motifs is 1. The smallest absolute Gasteiger partial charge is 0.365 e. The predicted molar refractivity (Wildman–Crippen MR) is 68.1 cm³/mol. The summed E-state index contributed by atoms with van der Waals surface area (Å²) in [6.45, 7) is 0. The Morgan fingerprint density at radius 1 is 0.889 bits per heavy atom. The van der Waals surface area contributed by atoms with Gasteiger partial charge in [0.2, 0.25) is 0 Å². The Kier molecular flexibility index (Phi) is 2.41. The maximum absolute atomic E-state index is 11.6. The quantitative estimate of drug-likeness (QED) is 0.788. The summed E-state index contributed by atoms with van der Waals surface area (Å²) in [5, 5.41) is 0. The van der Waals surface area contributed by atoms with Gasteiger partial charge in [0.05, 0.1) is 5.71 Å². The summed E-state index contributed by atoms with van der Waals surface area (Å²) in [5.41, 5.74) is 1.84. The van der Waals surface area contributed by atoms with E-state index >= 15 is 0 Å². The largest absolute Gasteiger partial charge is 0.429 e. The van der Waals surface area contributed by atoms with Crippen molar-refractivity contribution in [2.24, 2.45) is 4.40 Å². The molecule has 90 valence electrons. The van der Waals surface area contributed by atoms with Crippen molar-refractivity contribution >= 4 is 16.0 Å². The lowest BCUT2D eigenvalue weighted by Gasteiger charge is -2.16. The van der Waals surface area contributed by atoms with Crippen LogP contribution in [0.5, 0.6) is 5.75 Å². The average molecular weight is 259 g/mol. The fourth-order valence-electron chi connectivity index (χ4n) is 1.83. The van der Waals surface area contributed by atoms with Gasteiger partial charge < -0.3 is 4.18 Å². The maximum atomic E-state index is 11.6. The van der Waals surface area contributed by atoms with Crippen molar-refractivity contribution in [2.45, 2.75) is 0 Å². The highest BCUT2D eigenvalue weighted by atomic mass is 32.2. The predicted octanol–water partition coefficient (Wildman–Crippen LogP) is 2.16. The van der Waals surface area contributed by atoms with Gasteiger partial charge in [-0.2, -0.15) is 8.42 Å². The summed E-state index contributed by atoms with van der Waals surface area (Å²) in [5.74, 6) is 0.311. The second kappa shape index (κ2) is 3.96. The zero-order chi connectivity index (χ0) is 12.6. The number of hydrogen-bond donors (Lipinski definition) is 0. The molecule has 4 nitrogen and oxygen atoms in total. The minimum atomic E-state index is -3.91. The van der Waals surface area contributed by atoms with Crippen LogP contribution in [0.1, 0.15) is 11.1 Å². The van der Waals surface area contributed by atoms with Gasteiger partial charge in [0.25, 0.3) is 0 Å². The van der Waals surface area contributed by atoms with Crippen LogP contribution in [0.2, 0.25) is 0 Å². The number of para-hydroxylation sites is 1. The van der Waals surface area contributed by atoms with E-state index < -0.39 is 10.3 Å². The lowest BCUT2D eigenvalue weighted by atomic mass is 10.0. The van der Waals surface area contributed by atoms with Crippen molar-refractivity contribution in [1.82, 2.24) is 0 Å². The molecule has 0 saturated carbocycles. The second-order valence-electron chi connectivity index (χ2n) is 3.81. The number of benzene rings is 2.